The van der Waals surface area contributed by atoms with E-state index in [4.69, 9.17) is 5.73 Å². The van der Waals surface area contributed by atoms with Gasteiger partial charge in [-0.15, -0.1) is 12.4 Å². The van der Waals surface area contributed by atoms with Crippen LogP contribution in [0.2, 0.25) is 0 Å². The van der Waals surface area contributed by atoms with Crippen molar-refractivity contribution in [2.75, 3.05) is 13.1 Å². The highest BCUT2D eigenvalue weighted by atomic mass is 35.5. The zero-order chi connectivity index (χ0) is 15.8. The zero-order valence-corrected chi connectivity index (χ0v) is 12.7. The lowest BCUT2D eigenvalue weighted by Crippen LogP contribution is -2.48. The molecule has 1 aromatic rings. The van der Waals surface area contributed by atoms with Gasteiger partial charge in [0.2, 0.25) is 0 Å². The van der Waals surface area contributed by atoms with E-state index in [9.17, 15) is 22.4 Å². The Bertz CT molecular complexity index is 550. The number of halogens is 5. The number of piperidine rings is 1. The minimum atomic E-state index is -4.82. The summed E-state index contributed by atoms with van der Waals surface area (Å²) in [6.07, 6.45) is -4.27. The van der Waals surface area contributed by atoms with E-state index in [0.717, 1.165) is 12.1 Å². The number of nitrogens with zero attached hydrogens (tertiary/aromatic N) is 1. The molecule has 2 N–H and O–H groups in total. The quantitative estimate of drug-likeness (QED) is 0.799. The molecule has 0 bridgehead atoms. The number of benzene rings is 1. The largest absolute Gasteiger partial charge is 0.419 e. The number of nitrogens with two attached hydrogens (primary N) is 1. The maximum absolute atomic E-state index is 14.0. The van der Waals surface area contributed by atoms with Crippen LogP contribution in [0.25, 0.3) is 0 Å². The Kier molecular flexibility index (Phi) is 5.81. The predicted molar refractivity (Wildman–Crippen MR) is 76.3 cm³/mol. The van der Waals surface area contributed by atoms with Crippen LogP contribution in [-0.2, 0) is 6.18 Å². The van der Waals surface area contributed by atoms with Gasteiger partial charge in [0, 0.05) is 19.1 Å². The molecule has 22 heavy (non-hydrogen) atoms. The third-order valence-corrected chi connectivity index (χ3v) is 3.79. The Morgan fingerprint density at radius 3 is 2.55 bits per heavy atom. The molecule has 1 aromatic carbocycles. The van der Waals surface area contributed by atoms with Gasteiger partial charge in [0.15, 0.2) is 0 Å². The van der Waals surface area contributed by atoms with Crippen molar-refractivity contribution < 1.29 is 22.4 Å². The normalized spacial score (nSPS) is 22.2. The highest BCUT2D eigenvalue weighted by Crippen LogP contribution is 2.33. The molecule has 1 aliphatic heterocycles. The van der Waals surface area contributed by atoms with Gasteiger partial charge in [-0.25, -0.2) is 4.39 Å². The van der Waals surface area contributed by atoms with E-state index in [1.165, 1.54) is 4.90 Å². The van der Waals surface area contributed by atoms with Gasteiger partial charge in [0.1, 0.15) is 5.82 Å². The summed E-state index contributed by atoms with van der Waals surface area (Å²) >= 11 is 0. The smallest absolute Gasteiger partial charge is 0.338 e. The van der Waals surface area contributed by atoms with E-state index in [0.29, 0.717) is 25.6 Å². The molecule has 0 aliphatic carbocycles. The third-order valence-electron chi connectivity index (χ3n) is 3.79. The van der Waals surface area contributed by atoms with Gasteiger partial charge in [0.05, 0.1) is 11.1 Å². The van der Waals surface area contributed by atoms with Crippen molar-refractivity contribution in [2.45, 2.75) is 25.6 Å². The van der Waals surface area contributed by atoms with Gasteiger partial charge < -0.3 is 10.6 Å². The maximum Gasteiger partial charge on any atom is 0.419 e. The highest BCUT2D eigenvalue weighted by molar-refractivity contribution is 5.94. The molecule has 0 spiro atoms. The van der Waals surface area contributed by atoms with E-state index in [1.54, 1.807) is 0 Å². The summed E-state index contributed by atoms with van der Waals surface area (Å²) in [7, 11) is 0. The van der Waals surface area contributed by atoms with Crippen LogP contribution in [0.3, 0.4) is 0 Å². The number of hydrogen-bond donors (Lipinski definition) is 1. The van der Waals surface area contributed by atoms with Crippen LogP contribution in [0.1, 0.15) is 29.3 Å². The Hall–Kier alpha value is -1.34. The first-order valence-electron chi connectivity index (χ1n) is 6.62. The molecule has 2 unspecified atom stereocenters. The Morgan fingerprint density at radius 2 is 2.00 bits per heavy atom. The predicted octanol–water partition coefficient (Wildman–Crippen LogP) is 3.08. The maximum atomic E-state index is 14.0. The fraction of sp³-hybridized carbons (Fsp3) is 0.500. The first-order chi connectivity index (χ1) is 9.71. The van der Waals surface area contributed by atoms with Gasteiger partial charge in [-0.05, 0) is 24.5 Å². The summed E-state index contributed by atoms with van der Waals surface area (Å²) in [4.78, 5) is 13.6. The van der Waals surface area contributed by atoms with Crippen molar-refractivity contribution in [1.82, 2.24) is 4.90 Å². The lowest BCUT2D eigenvalue weighted by atomic mass is 9.94. The molecule has 0 aromatic heterocycles. The number of alkyl halides is 3. The molecule has 3 nitrogen and oxygen atoms in total. The number of hydrogen-bond acceptors (Lipinski definition) is 2. The van der Waals surface area contributed by atoms with E-state index >= 15 is 0 Å². The minimum absolute atomic E-state index is 0. The fourth-order valence-electron chi connectivity index (χ4n) is 2.43. The van der Waals surface area contributed by atoms with Crippen LogP contribution in [-0.4, -0.2) is 29.9 Å². The minimum Gasteiger partial charge on any atom is -0.338 e. The van der Waals surface area contributed by atoms with E-state index in [1.807, 2.05) is 6.92 Å². The summed E-state index contributed by atoms with van der Waals surface area (Å²) < 4.78 is 52.0. The lowest BCUT2D eigenvalue weighted by molar-refractivity contribution is -0.140. The number of rotatable bonds is 1. The third kappa shape index (κ3) is 3.70. The highest BCUT2D eigenvalue weighted by Gasteiger charge is 2.37. The molecule has 2 atom stereocenters. The Morgan fingerprint density at radius 1 is 1.36 bits per heavy atom. The van der Waals surface area contributed by atoms with Gasteiger partial charge in [-0.3, -0.25) is 4.79 Å². The van der Waals surface area contributed by atoms with Crippen LogP contribution >= 0.6 is 12.4 Å². The van der Waals surface area contributed by atoms with Gasteiger partial charge in [0.25, 0.3) is 5.91 Å². The van der Waals surface area contributed by atoms with Crippen molar-refractivity contribution in [2.24, 2.45) is 11.7 Å². The monoisotopic (exact) mass is 340 g/mol. The van der Waals surface area contributed by atoms with Crippen molar-refractivity contribution in [1.29, 1.82) is 0 Å². The van der Waals surface area contributed by atoms with Crippen LogP contribution in [0.4, 0.5) is 17.6 Å². The number of amides is 1. The second-order valence-corrected chi connectivity index (χ2v) is 5.35. The lowest BCUT2D eigenvalue weighted by Gasteiger charge is -2.35. The standard InChI is InChI=1S/C14H16F4N2O.ClH/c1-8-7-20(6-5-11(8)19)13(21)9-3-2-4-10(12(9)15)14(16,17)18;/h2-4,8,11H,5-7,19H2,1H3;1H. The van der Waals surface area contributed by atoms with E-state index < -0.39 is 29.0 Å². The second-order valence-electron chi connectivity index (χ2n) is 5.35. The topological polar surface area (TPSA) is 46.3 Å². The molecule has 1 amide bonds. The molecule has 1 fully saturated rings. The fourth-order valence-corrected chi connectivity index (χ4v) is 2.43. The molecule has 1 heterocycles. The first kappa shape index (κ1) is 18.7. The molecule has 1 aliphatic rings. The first-order valence-corrected chi connectivity index (χ1v) is 6.62. The Labute approximate surface area is 131 Å². The molecule has 0 radical (unpaired) electrons. The van der Waals surface area contributed by atoms with Crippen molar-refractivity contribution in [3.05, 3.63) is 35.1 Å². The number of likely N-dealkylation sites (tertiary alicyclic amines) is 1. The molecule has 2 rings (SSSR count). The molecular weight excluding hydrogens is 324 g/mol. The number of carbonyl (C=O) groups is 1. The van der Waals surface area contributed by atoms with Crippen LogP contribution < -0.4 is 5.73 Å². The van der Waals surface area contributed by atoms with E-state index in [2.05, 4.69) is 0 Å². The summed E-state index contributed by atoms with van der Waals surface area (Å²) in [5, 5.41) is 0. The van der Waals surface area contributed by atoms with Gasteiger partial charge >= 0.3 is 6.18 Å². The van der Waals surface area contributed by atoms with Gasteiger partial charge in [-0.1, -0.05) is 13.0 Å². The summed E-state index contributed by atoms with van der Waals surface area (Å²) in [5.74, 6) is -2.22. The second kappa shape index (κ2) is 6.83. The zero-order valence-electron chi connectivity index (χ0n) is 11.9. The molecule has 8 heteroatoms. The summed E-state index contributed by atoms with van der Waals surface area (Å²) in [6.45, 7) is 2.49. The number of carbonyl (C=O) groups excluding carboxylic acids is 1. The average Bonchev–Trinajstić information content (AvgIpc) is 2.40. The average molecular weight is 341 g/mol. The summed E-state index contributed by atoms with van der Waals surface area (Å²) in [6, 6.07) is 2.69. The Balaban J connectivity index is 0.00000242. The van der Waals surface area contributed by atoms with Crippen molar-refractivity contribution in [3.63, 3.8) is 0 Å². The van der Waals surface area contributed by atoms with E-state index in [-0.39, 0.29) is 24.4 Å². The van der Waals surface area contributed by atoms with Crippen LogP contribution in [0.15, 0.2) is 18.2 Å². The molecule has 1 saturated heterocycles. The SMILES string of the molecule is CC1CN(C(=O)c2cccc(C(F)(F)F)c2F)CCC1N.Cl. The molecule has 124 valence electrons. The van der Waals surface area contributed by atoms with Crippen LogP contribution in [0.5, 0.6) is 0 Å². The summed E-state index contributed by atoms with van der Waals surface area (Å²) in [5.41, 5.74) is 3.86. The van der Waals surface area contributed by atoms with Crippen molar-refractivity contribution >= 4 is 18.3 Å². The van der Waals surface area contributed by atoms with Crippen LogP contribution in [0, 0.1) is 11.7 Å². The molecular formula is C14H17ClF4N2O. The van der Waals surface area contributed by atoms with Gasteiger partial charge in [-0.2, -0.15) is 13.2 Å². The molecule has 0 saturated carbocycles. The van der Waals surface area contributed by atoms with Crippen molar-refractivity contribution in [3.8, 4) is 0 Å².